The Morgan fingerprint density at radius 2 is 2.00 bits per heavy atom. The number of nitrogens with two attached hydrogens (primary N) is 1. The van der Waals surface area contributed by atoms with E-state index in [0.717, 1.165) is 0 Å². The number of nitrogen functional groups attached to an aromatic ring is 1. The lowest BCUT2D eigenvalue weighted by atomic mass is 10.2. The summed E-state index contributed by atoms with van der Waals surface area (Å²) in [7, 11) is 0. The van der Waals surface area contributed by atoms with Crippen LogP contribution in [0.3, 0.4) is 0 Å². The maximum atomic E-state index is 12.6. The number of anilines is 2. The monoisotopic (exact) mass is 352 g/mol. The summed E-state index contributed by atoms with van der Waals surface area (Å²) in [5.74, 6) is -1.37. The summed E-state index contributed by atoms with van der Waals surface area (Å²) in [4.78, 5) is 24.7. The molecule has 6 nitrogen and oxygen atoms in total. The molecule has 0 atom stereocenters. The third-order valence-electron chi connectivity index (χ3n) is 2.87. The first-order valence-corrected chi connectivity index (χ1v) is 6.91. The van der Waals surface area contributed by atoms with E-state index in [9.17, 15) is 9.59 Å². The third kappa shape index (κ3) is 3.43. The summed E-state index contributed by atoms with van der Waals surface area (Å²) in [6.45, 7) is 0.0139. The number of para-hydroxylation sites is 2. The third-order valence-corrected chi connectivity index (χ3v) is 3.48. The lowest BCUT2D eigenvalue weighted by Gasteiger charge is -2.23. The first kappa shape index (κ1) is 15.1. The van der Waals surface area contributed by atoms with Gasteiger partial charge < -0.3 is 20.2 Å². The number of hydrogen-bond donors (Lipinski definition) is 2. The normalized spacial score (nSPS) is 10.3. The fourth-order valence-corrected chi connectivity index (χ4v) is 2.27. The Kier molecular flexibility index (Phi) is 4.64. The SMILES string of the molecule is Nc1ccccc1N(CCC(=O)O)C(=O)c1ccoc1Br. The molecule has 0 saturated carbocycles. The molecule has 0 saturated heterocycles. The van der Waals surface area contributed by atoms with E-state index in [2.05, 4.69) is 15.9 Å². The van der Waals surface area contributed by atoms with Crippen molar-refractivity contribution >= 4 is 39.2 Å². The van der Waals surface area contributed by atoms with E-state index in [1.165, 1.54) is 17.2 Å². The molecule has 0 spiro atoms. The lowest BCUT2D eigenvalue weighted by Crippen LogP contribution is -2.33. The van der Waals surface area contributed by atoms with Crippen LogP contribution in [0.4, 0.5) is 11.4 Å². The van der Waals surface area contributed by atoms with E-state index >= 15 is 0 Å². The molecule has 0 radical (unpaired) electrons. The quantitative estimate of drug-likeness (QED) is 0.806. The molecule has 0 aliphatic heterocycles. The van der Waals surface area contributed by atoms with Gasteiger partial charge in [0.1, 0.15) is 0 Å². The smallest absolute Gasteiger partial charge is 0.305 e. The highest BCUT2D eigenvalue weighted by Crippen LogP contribution is 2.27. The van der Waals surface area contributed by atoms with Gasteiger partial charge in [0.05, 0.1) is 29.6 Å². The van der Waals surface area contributed by atoms with Crippen LogP contribution in [0.25, 0.3) is 0 Å². The van der Waals surface area contributed by atoms with Gasteiger partial charge >= 0.3 is 5.97 Å². The molecular weight excluding hydrogens is 340 g/mol. The number of carboxylic acid groups (broad SMARTS) is 1. The van der Waals surface area contributed by atoms with Gasteiger partial charge in [0.25, 0.3) is 5.91 Å². The van der Waals surface area contributed by atoms with Crippen LogP contribution in [0, 0.1) is 0 Å². The zero-order valence-electron chi connectivity index (χ0n) is 11.0. The van der Waals surface area contributed by atoms with Gasteiger partial charge in [-0.1, -0.05) is 12.1 Å². The number of furan rings is 1. The second-order valence-corrected chi connectivity index (χ2v) is 4.99. The van der Waals surface area contributed by atoms with Crippen molar-refractivity contribution in [2.24, 2.45) is 0 Å². The zero-order valence-corrected chi connectivity index (χ0v) is 12.5. The minimum atomic E-state index is -0.992. The number of rotatable bonds is 5. The first-order valence-electron chi connectivity index (χ1n) is 6.12. The maximum Gasteiger partial charge on any atom is 0.305 e. The molecule has 1 aromatic heterocycles. The highest BCUT2D eigenvalue weighted by molar-refractivity contribution is 9.10. The molecular formula is C14H13BrN2O4. The van der Waals surface area contributed by atoms with Gasteiger partial charge in [-0.3, -0.25) is 9.59 Å². The zero-order chi connectivity index (χ0) is 15.4. The van der Waals surface area contributed by atoms with Gasteiger partial charge in [-0.05, 0) is 34.1 Å². The Hall–Kier alpha value is -2.28. The number of carboxylic acids is 1. The molecule has 1 aromatic carbocycles. The Balaban J connectivity index is 2.37. The van der Waals surface area contributed by atoms with Crippen LogP contribution in [0.1, 0.15) is 16.8 Å². The minimum Gasteiger partial charge on any atom is -0.481 e. The Morgan fingerprint density at radius 3 is 2.57 bits per heavy atom. The number of benzene rings is 1. The van der Waals surface area contributed by atoms with Crippen molar-refractivity contribution in [3.63, 3.8) is 0 Å². The van der Waals surface area contributed by atoms with Crippen LogP contribution in [0.5, 0.6) is 0 Å². The molecule has 2 aromatic rings. The van der Waals surface area contributed by atoms with Gasteiger partial charge in [0, 0.05) is 6.54 Å². The van der Waals surface area contributed by atoms with E-state index < -0.39 is 5.97 Å². The lowest BCUT2D eigenvalue weighted by molar-refractivity contribution is -0.136. The molecule has 0 bridgehead atoms. The Morgan fingerprint density at radius 1 is 1.29 bits per heavy atom. The fourth-order valence-electron chi connectivity index (χ4n) is 1.86. The summed E-state index contributed by atoms with van der Waals surface area (Å²) in [6.07, 6.45) is 1.19. The standard InChI is InChI=1S/C14H13BrN2O4/c15-13-9(6-8-21-13)14(20)17(7-5-12(18)19)11-4-2-1-3-10(11)16/h1-4,6,8H,5,7,16H2,(H,18,19). The number of halogens is 1. The molecule has 0 aliphatic rings. The van der Waals surface area contributed by atoms with Crippen LogP contribution in [-0.4, -0.2) is 23.5 Å². The van der Waals surface area contributed by atoms with E-state index in [1.54, 1.807) is 24.3 Å². The number of carbonyl (C=O) groups excluding carboxylic acids is 1. The average Bonchev–Trinajstić information content (AvgIpc) is 2.86. The molecule has 2 rings (SSSR count). The number of carbonyl (C=O) groups is 2. The second kappa shape index (κ2) is 6.45. The number of amides is 1. The minimum absolute atomic E-state index is 0.0139. The number of nitrogens with zero attached hydrogens (tertiary/aromatic N) is 1. The largest absolute Gasteiger partial charge is 0.481 e. The predicted octanol–water partition coefficient (Wildman–Crippen LogP) is 2.75. The van der Waals surface area contributed by atoms with Crippen molar-refractivity contribution in [1.82, 2.24) is 0 Å². The highest BCUT2D eigenvalue weighted by atomic mass is 79.9. The van der Waals surface area contributed by atoms with Crippen LogP contribution >= 0.6 is 15.9 Å². The van der Waals surface area contributed by atoms with Gasteiger partial charge in [-0.25, -0.2) is 0 Å². The highest BCUT2D eigenvalue weighted by Gasteiger charge is 2.23. The van der Waals surface area contributed by atoms with Crippen LogP contribution in [0.2, 0.25) is 0 Å². The van der Waals surface area contributed by atoms with Crippen molar-refractivity contribution in [2.45, 2.75) is 6.42 Å². The summed E-state index contributed by atoms with van der Waals surface area (Å²) < 4.78 is 5.34. The summed E-state index contributed by atoms with van der Waals surface area (Å²) >= 11 is 3.14. The summed E-state index contributed by atoms with van der Waals surface area (Å²) in [5, 5.41) is 8.85. The average molecular weight is 353 g/mol. The molecule has 0 unspecified atom stereocenters. The fraction of sp³-hybridized carbons (Fsp3) is 0.143. The van der Waals surface area contributed by atoms with Gasteiger partial charge in [0.15, 0.2) is 4.67 Å². The van der Waals surface area contributed by atoms with E-state index in [-0.39, 0.29) is 18.9 Å². The number of aliphatic carboxylic acids is 1. The summed E-state index contributed by atoms with van der Waals surface area (Å²) in [6, 6.07) is 8.31. The second-order valence-electron chi connectivity index (χ2n) is 4.27. The molecule has 3 N–H and O–H groups in total. The molecule has 7 heteroatoms. The Labute approximate surface area is 129 Å². The molecule has 21 heavy (non-hydrogen) atoms. The van der Waals surface area contributed by atoms with E-state index in [0.29, 0.717) is 21.6 Å². The molecule has 1 amide bonds. The molecule has 1 heterocycles. The topological polar surface area (TPSA) is 96.8 Å². The van der Waals surface area contributed by atoms with Crippen molar-refractivity contribution in [3.05, 3.63) is 46.8 Å². The number of hydrogen-bond acceptors (Lipinski definition) is 4. The first-order chi connectivity index (χ1) is 10.0. The van der Waals surface area contributed by atoms with Crippen LogP contribution < -0.4 is 10.6 Å². The molecule has 110 valence electrons. The van der Waals surface area contributed by atoms with Gasteiger partial charge in [0.2, 0.25) is 0 Å². The maximum absolute atomic E-state index is 12.6. The Bertz CT molecular complexity index is 668. The van der Waals surface area contributed by atoms with Gasteiger partial charge in [-0.15, -0.1) is 0 Å². The van der Waals surface area contributed by atoms with Gasteiger partial charge in [-0.2, -0.15) is 0 Å². The van der Waals surface area contributed by atoms with E-state index in [1.807, 2.05) is 0 Å². The van der Waals surface area contributed by atoms with Crippen LogP contribution in [-0.2, 0) is 4.79 Å². The van der Waals surface area contributed by atoms with Crippen molar-refractivity contribution in [1.29, 1.82) is 0 Å². The molecule has 0 aliphatic carbocycles. The van der Waals surface area contributed by atoms with Crippen molar-refractivity contribution in [3.8, 4) is 0 Å². The van der Waals surface area contributed by atoms with Crippen molar-refractivity contribution < 1.29 is 19.1 Å². The molecule has 0 fully saturated rings. The van der Waals surface area contributed by atoms with Crippen molar-refractivity contribution in [2.75, 3.05) is 17.2 Å². The summed E-state index contributed by atoms with van der Waals surface area (Å²) in [5.41, 5.74) is 7.06. The van der Waals surface area contributed by atoms with Crippen LogP contribution in [0.15, 0.2) is 45.7 Å². The van der Waals surface area contributed by atoms with E-state index in [4.69, 9.17) is 15.3 Å². The predicted molar refractivity (Wildman–Crippen MR) is 81.2 cm³/mol.